The zero-order valence-electron chi connectivity index (χ0n) is 20.3. The quantitative estimate of drug-likeness (QED) is 0.439. The minimum absolute atomic E-state index is 0.00219. The Kier molecular flexibility index (Phi) is 7.45. The Balaban J connectivity index is 1.50. The number of carbonyl (C=O) groups excluding carboxylic acids is 2. The summed E-state index contributed by atoms with van der Waals surface area (Å²) in [5.74, 6) is 0.602. The molecule has 2 amide bonds. The summed E-state index contributed by atoms with van der Waals surface area (Å²) in [5.41, 5.74) is 8.47. The topological polar surface area (TPSA) is 140 Å². The van der Waals surface area contributed by atoms with Crippen molar-refractivity contribution in [2.45, 2.75) is 31.7 Å². The molecule has 4 N–H and O–H groups in total. The summed E-state index contributed by atoms with van der Waals surface area (Å²) in [6.45, 7) is 1.45. The number of hydrogen-bond acceptors (Lipinski definition) is 8. The van der Waals surface area contributed by atoms with E-state index in [9.17, 15) is 9.59 Å². The van der Waals surface area contributed by atoms with Gasteiger partial charge in [-0.3, -0.25) is 9.59 Å². The van der Waals surface area contributed by atoms with Crippen molar-refractivity contribution < 1.29 is 14.3 Å². The summed E-state index contributed by atoms with van der Waals surface area (Å²) >= 11 is 0. The van der Waals surface area contributed by atoms with Gasteiger partial charge in [-0.15, -0.1) is 0 Å². The number of nitrogen functional groups attached to an aromatic ring is 1. The van der Waals surface area contributed by atoms with E-state index >= 15 is 0 Å². The second kappa shape index (κ2) is 10.7. The van der Waals surface area contributed by atoms with Crippen LogP contribution in [0, 0.1) is 5.92 Å². The predicted molar refractivity (Wildman–Crippen MR) is 132 cm³/mol. The maximum Gasteiger partial charge on any atom is 0.253 e. The molecule has 1 aliphatic rings. The van der Waals surface area contributed by atoms with Gasteiger partial charge < -0.3 is 26.0 Å². The van der Waals surface area contributed by atoms with Crippen LogP contribution in [0.1, 0.15) is 36.0 Å². The van der Waals surface area contributed by atoms with Crippen molar-refractivity contribution in [3.63, 3.8) is 0 Å². The molecule has 3 aromatic rings. The number of rotatable bonds is 8. The maximum atomic E-state index is 13.3. The van der Waals surface area contributed by atoms with Crippen LogP contribution in [0.15, 0.2) is 30.7 Å². The number of aromatic nitrogens is 4. The average Bonchev–Trinajstić information content (AvgIpc) is 3.28. The summed E-state index contributed by atoms with van der Waals surface area (Å²) < 4.78 is 6.85. The van der Waals surface area contributed by atoms with Gasteiger partial charge in [0, 0.05) is 49.9 Å². The number of pyridine rings is 1. The third-order valence-electron chi connectivity index (χ3n) is 6.55. The summed E-state index contributed by atoms with van der Waals surface area (Å²) in [5, 5.41) is 10.5. The fraction of sp³-hybridized carbons (Fsp3) is 0.458. The Hall–Kier alpha value is -3.73. The molecule has 1 aliphatic carbocycles. The van der Waals surface area contributed by atoms with Crippen LogP contribution in [0.5, 0.6) is 5.88 Å². The van der Waals surface area contributed by atoms with E-state index in [1.165, 1.54) is 6.33 Å². The molecule has 35 heavy (non-hydrogen) atoms. The van der Waals surface area contributed by atoms with Crippen molar-refractivity contribution in [3.8, 4) is 17.1 Å². The van der Waals surface area contributed by atoms with Crippen LogP contribution in [0.4, 0.5) is 5.82 Å². The lowest BCUT2D eigenvalue weighted by molar-refractivity contribution is -0.135. The number of anilines is 1. The van der Waals surface area contributed by atoms with Crippen LogP contribution < -0.4 is 21.1 Å². The first-order chi connectivity index (χ1) is 16.9. The molecule has 186 valence electrons. The second-order valence-corrected chi connectivity index (χ2v) is 8.82. The van der Waals surface area contributed by atoms with E-state index < -0.39 is 0 Å². The summed E-state index contributed by atoms with van der Waals surface area (Å²) in [6, 6.07) is 5.33. The number of nitrogens with zero attached hydrogens (tertiary/aromatic N) is 5. The number of likely N-dealkylation sites (N-methyl/N-ethyl adjacent to an activating group) is 2. The number of ether oxygens (including phenoxy) is 1. The molecule has 1 fully saturated rings. The molecule has 0 aliphatic heterocycles. The first-order valence-corrected chi connectivity index (χ1v) is 11.8. The fourth-order valence-corrected chi connectivity index (χ4v) is 4.58. The van der Waals surface area contributed by atoms with Crippen molar-refractivity contribution >= 4 is 23.1 Å². The van der Waals surface area contributed by atoms with Crippen molar-refractivity contribution in [2.75, 3.05) is 40.0 Å². The number of fused-ring (bicyclic) bond motifs is 1. The van der Waals surface area contributed by atoms with Crippen molar-refractivity contribution in [1.82, 2.24) is 35.1 Å². The highest BCUT2D eigenvalue weighted by atomic mass is 16.5. The SMILES string of the molecule is CNCCN(C)C(=O)C1CCC(NC(=O)c2cc(-c3ccnc(OC)c3)n3ncnc(N)c23)CC1. The highest BCUT2D eigenvalue weighted by Crippen LogP contribution is 2.30. The Morgan fingerprint density at radius 1 is 1.23 bits per heavy atom. The van der Waals surface area contributed by atoms with Gasteiger partial charge in [0.05, 0.1) is 18.4 Å². The standard InChI is InChI=1S/C24H32N8O3/c1-26-10-11-31(2)24(34)15-4-6-17(7-5-15)30-23(33)18-13-19(16-8-9-27-20(12-16)35-3)32-21(18)22(25)28-14-29-32/h8-9,12-15,17,26H,4-7,10-11H2,1-3H3,(H,30,33)(H2,25,28,29). The third kappa shape index (κ3) is 5.19. The van der Waals surface area contributed by atoms with E-state index in [2.05, 4.69) is 25.7 Å². The lowest BCUT2D eigenvalue weighted by Crippen LogP contribution is -2.42. The summed E-state index contributed by atoms with van der Waals surface area (Å²) in [7, 11) is 5.26. The zero-order chi connectivity index (χ0) is 24.9. The van der Waals surface area contributed by atoms with E-state index in [-0.39, 0.29) is 29.6 Å². The van der Waals surface area contributed by atoms with Crippen LogP contribution in [-0.2, 0) is 4.79 Å². The van der Waals surface area contributed by atoms with E-state index in [1.807, 2.05) is 20.2 Å². The minimum Gasteiger partial charge on any atom is -0.481 e. The molecule has 4 rings (SSSR count). The Bertz CT molecular complexity index is 1200. The highest BCUT2D eigenvalue weighted by Gasteiger charge is 2.30. The first-order valence-electron chi connectivity index (χ1n) is 11.8. The lowest BCUT2D eigenvalue weighted by atomic mass is 9.85. The molecule has 11 nitrogen and oxygen atoms in total. The highest BCUT2D eigenvalue weighted by molar-refractivity contribution is 6.05. The van der Waals surface area contributed by atoms with E-state index in [4.69, 9.17) is 10.5 Å². The van der Waals surface area contributed by atoms with Gasteiger partial charge in [0.15, 0.2) is 5.82 Å². The predicted octanol–water partition coefficient (Wildman–Crippen LogP) is 1.35. The van der Waals surface area contributed by atoms with Crippen LogP contribution >= 0.6 is 0 Å². The van der Waals surface area contributed by atoms with Crippen LogP contribution in [0.3, 0.4) is 0 Å². The Morgan fingerprint density at radius 3 is 2.71 bits per heavy atom. The number of nitrogens with one attached hydrogen (secondary N) is 2. The van der Waals surface area contributed by atoms with Gasteiger partial charge in [0.2, 0.25) is 11.8 Å². The summed E-state index contributed by atoms with van der Waals surface area (Å²) in [4.78, 5) is 36.0. The third-order valence-corrected chi connectivity index (χ3v) is 6.55. The molecule has 1 saturated carbocycles. The van der Waals surface area contributed by atoms with E-state index in [1.54, 1.807) is 34.9 Å². The minimum atomic E-state index is -0.239. The Labute approximate surface area is 204 Å². The first kappa shape index (κ1) is 24.4. The van der Waals surface area contributed by atoms with Gasteiger partial charge in [-0.1, -0.05) is 0 Å². The van der Waals surface area contributed by atoms with Crippen LogP contribution in [-0.4, -0.2) is 76.6 Å². The van der Waals surface area contributed by atoms with E-state index in [0.29, 0.717) is 29.2 Å². The molecule has 11 heteroatoms. The van der Waals surface area contributed by atoms with Crippen molar-refractivity contribution in [2.24, 2.45) is 5.92 Å². The molecule has 0 bridgehead atoms. The summed E-state index contributed by atoms with van der Waals surface area (Å²) in [6.07, 6.45) is 5.98. The van der Waals surface area contributed by atoms with E-state index in [0.717, 1.165) is 37.8 Å². The molecule has 0 saturated heterocycles. The van der Waals surface area contributed by atoms with Crippen molar-refractivity contribution in [1.29, 1.82) is 0 Å². The molecule has 0 atom stereocenters. The van der Waals surface area contributed by atoms with Gasteiger partial charge in [0.1, 0.15) is 11.8 Å². The Morgan fingerprint density at radius 2 is 2.00 bits per heavy atom. The normalized spacial score (nSPS) is 17.8. The molecule has 0 radical (unpaired) electrons. The van der Waals surface area contributed by atoms with Crippen LogP contribution in [0.25, 0.3) is 16.8 Å². The number of hydrogen-bond donors (Lipinski definition) is 3. The smallest absolute Gasteiger partial charge is 0.253 e. The maximum absolute atomic E-state index is 13.3. The molecular weight excluding hydrogens is 448 g/mol. The van der Waals surface area contributed by atoms with Gasteiger partial charge in [-0.05, 0) is 44.9 Å². The number of nitrogens with two attached hydrogens (primary N) is 1. The molecule has 3 aromatic heterocycles. The number of carbonyl (C=O) groups is 2. The lowest BCUT2D eigenvalue weighted by Gasteiger charge is -2.31. The van der Waals surface area contributed by atoms with Crippen LogP contribution in [0.2, 0.25) is 0 Å². The van der Waals surface area contributed by atoms with Gasteiger partial charge in [-0.2, -0.15) is 5.10 Å². The fourth-order valence-electron chi connectivity index (χ4n) is 4.58. The molecule has 0 aromatic carbocycles. The van der Waals surface area contributed by atoms with Gasteiger partial charge >= 0.3 is 0 Å². The largest absolute Gasteiger partial charge is 0.481 e. The monoisotopic (exact) mass is 480 g/mol. The molecule has 0 unspecified atom stereocenters. The van der Waals surface area contributed by atoms with Crippen molar-refractivity contribution in [3.05, 3.63) is 36.3 Å². The molecular formula is C24H32N8O3. The average molecular weight is 481 g/mol. The zero-order valence-corrected chi connectivity index (χ0v) is 20.3. The second-order valence-electron chi connectivity index (χ2n) is 8.82. The van der Waals surface area contributed by atoms with Gasteiger partial charge in [0.25, 0.3) is 5.91 Å². The van der Waals surface area contributed by atoms with Gasteiger partial charge in [-0.25, -0.2) is 14.5 Å². The molecule has 3 heterocycles. The number of methoxy groups -OCH3 is 1. The number of amides is 2. The molecule has 0 spiro atoms.